The fourth-order valence-electron chi connectivity index (χ4n) is 1.94. The largest absolute Gasteiger partial charge is 0.341 e. The number of amides is 2. The molecular weight excluding hydrogens is 336 g/mol. The molecule has 0 N–H and O–H groups in total. The Morgan fingerprint density at radius 1 is 0.704 bits per heavy atom. The highest BCUT2D eigenvalue weighted by atomic mass is 16.2. The van der Waals surface area contributed by atoms with Crippen molar-refractivity contribution in [1.82, 2.24) is 9.80 Å². The summed E-state index contributed by atoms with van der Waals surface area (Å²) in [6, 6.07) is 0. The van der Waals surface area contributed by atoms with Gasteiger partial charge in [-0.1, -0.05) is 48.5 Å². The molecule has 0 aromatic carbocycles. The van der Waals surface area contributed by atoms with Crippen LogP contribution in [0.2, 0.25) is 0 Å². The van der Waals surface area contributed by atoms with E-state index in [0.717, 1.165) is 0 Å². The summed E-state index contributed by atoms with van der Waals surface area (Å²) >= 11 is 0. The lowest BCUT2D eigenvalue weighted by Crippen LogP contribution is -2.47. The van der Waals surface area contributed by atoms with Crippen LogP contribution in [0, 0.1) is 16.7 Å². The summed E-state index contributed by atoms with van der Waals surface area (Å²) in [4.78, 5) is 27.4. The Morgan fingerprint density at radius 3 is 1.26 bits per heavy atom. The number of nitrogens with zero attached hydrogens (tertiary/aromatic N) is 2. The highest BCUT2D eigenvalue weighted by molar-refractivity contribution is 5.79. The molecule has 4 nitrogen and oxygen atoms in total. The van der Waals surface area contributed by atoms with Gasteiger partial charge in [0.1, 0.15) is 0 Å². The van der Waals surface area contributed by atoms with Crippen molar-refractivity contribution < 1.29 is 9.59 Å². The second-order valence-corrected chi connectivity index (χ2v) is 12.0. The van der Waals surface area contributed by atoms with Crippen LogP contribution in [0.15, 0.2) is 0 Å². The molecule has 0 radical (unpaired) electrons. The minimum Gasteiger partial charge on any atom is -0.341 e. The summed E-state index contributed by atoms with van der Waals surface area (Å²) in [5.74, 6) is 0.511. The topological polar surface area (TPSA) is 40.6 Å². The van der Waals surface area contributed by atoms with Crippen LogP contribution in [0.3, 0.4) is 0 Å². The second-order valence-electron chi connectivity index (χ2n) is 12.0. The van der Waals surface area contributed by atoms with Gasteiger partial charge in [0.15, 0.2) is 0 Å². The molecule has 0 saturated heterocycles. The summed E-state index contributed by atoms with van der Waals surface area (Å²) in [7, 11) is 3.75. The Balaban J connectivity index is 0. The maximum atomic E-state index is 12.1. The van der Waals surface area contributed by atoms with E-state index in [1.54, 1.807) is 0 Å². The van der Waals surface area contributed by atoms with E-state index in [1.807, 2.05) is 51.6 Å². The number of hydrogen-bond acceptors (Lipinski definition) is 2. The predicted octanol–water partition coefficient (Wildman–Crippen LogP) is 5.61. The van der Waals surface area contributed by atoms with Crippen molar-refractivity contribution in [2.45, 2.75) is 108 Å². The molecule has 0 rings (SSSR count). The third-order valence-corrected chi connectivity index (χ3v) is 5.07. The normalized spacial score (nSPS) is 14.0. The monoisotopic (exact) mass is 384 g/mol. The van der Waals surface area contributed by atoms with E-state index in [0.29, 0.717) is 6.42 Å². The van der Waals surface area contributed by atoms with Gasteiger partial charge in [0, 0.05) is 37.5 Å². The van der Waals surface area contributed by atoms with Crippen LogP contribution in [0.25, 0.3) is 0 Å². The van der Waals surface area contributed by atoms with Gasteiger partial charge >= 0.3 is 0 Å². The van der Waals surface area contributed by atoms with E-state index in [4.69, 9.17) is 0 Å². The first-order valence-electron chi connectivity index (χ1n) is 10.1. The molecule has 1 atom stereocenters. The van der Waals surface area contributed by atoms with Gasteiger partial charge in [0.2, 0.25) is 11.8 Å². The molecule has 0 bridgehead atoms. The molecule has 1 unspecified atom stereocenters. The van der Waals surface area contributed by atoms with Crippen LogP contribution in [0.1, 0.15) is 96.4 Å². The average Bonchev–Trinajstić information content (AvgIpc) is 2.39. The van der Waals surface area contributed by atoms with Gasteiger partial charge in [-0.25, -0.2) is 0 Å². The predicted molar refractivity (Wildman–Crippen MR) is 118 cm³/mol. The molecule has 0 aliphatic carbocycles. The van der Waals surface area contributed by atoms with Crippen LogP contribution < -0.4 is 0 Å². The number of carbonyl (C=O) groups excluding carboxylic acids is 2. The van der Waals surface area contributed by atoms with Gasteiger partial charge < -0.3 is 9.80 Å². The van der Waals surface area contributed by atoms with Gasteiger partial charge in [-0.3, -0.25) is 9.59 Å². The van der Waals surface area contributed by atoms with Gasteiger partial charge in [0.25, 0.3) is 0 Å². The summed E-state index contributed by atoms with van der Waals surface area (Å²) in [5, 5.41) is 0. The summed E-state index contributed by atoms with van der Waals surface area (Å²) < 4.78 is 0. The Labute approximate surface area is 170 Å². The Hall–Kier alpha value is -1.06. The summed E-state index contributed by atoms with van der Waals surface area (Å²) in [6.07, 6.45) is 0.612. The maximum absolute atomic E-state index is 12.1. The lowest BCUT2D eigenvalue weighted by atomic mass is 9.80. The zero-order chi connectivity index (χ0) is 22.6. The van der Waals surface area contributed by atoms with Crippen molar-refractivity contribution in [1.29, 1.82) is 0 Å². The molecule has 27 heavy (non-hydrogen) atoms. The van der Waals surface area contributed by atoms with Gasteiger partial charge in [-0.2, -0.15) is 0 Å². The standard InChI is InChI=1S/C12H25NO.C11H23NO/c1-9(11(2,3)4)10(14)13(8)12(5,6)7;1-10(2,3)8-9(13)12(7)11(4,5)6/h9H,1-8H3;8H2,1-7H3. The number of hydrogen-bond donors (Lipinski definition) is 0. The van der Waals surface area contributed by atoms with Gasteiger partial charge in [-0.15, -0.1) is 0 Å². The SMILES string of the molecule is CC(C(=O)N(C)C(C)(C)C)C(C)(C)C.CN(C(=O)CC(C)(C)C)C(C)(C)C. The molecule has 0 aliphatic heterocycles. The van der Waals surface area contributed by atoms with Crippen molar-refractivity contribution in [2.75, 3.05) is 14.1 Å². The third kappa shape index (κ3) is 11.4. The molecule has 0 heterocycles. The van der Waals surface area contributed by atoms with E-state index in [-0.39, 0.29) is 39.6 Å². The molecule has 162 valence electrons. The Kier molecular flexibility index (Phi) is 9.83. The van der Waals surface area contributed by atoms with E-state index < -0.39 is 0 Å². The molecule has 0 aliphatic rings. The van der Waals surface area contributed by atoms with Crippen LogP contribution in [-0.2, 0) is 9.59 Å². The molecule has 0 fully saturated rings. The van der Waals surface area contributed by atoms with Gasteiger partial charge in [0.05, 0.1) is 0 Å². The molecule has 0 aromatic heterocycles. The van der Waals surface area contributed by atoms with Crippen molar-refractivity contribution in [3.8, 4) is 0 Å². The lowest BCUT2D eigenvalue weighted by molar-refractivity contribution is -0.141. The quantitative estimate of drug-likeness (QED) is 0.621. The fraction of sp³-hybridized carbons (Fsp3) is 0.913. The number of carbonyl (C=O) groups is 2. The molecule has 4 heteroatoms. The summed E-state index contributed by atoms with van der Waals surface area (Å²) in [6.45, 7) is 26.9. The first kappa shape index (κ1) is 28.2. The minimum absolute atomic E-state index is 0.0383. The molecule has 0 saturated carbocycles. The van der Waals surface area contributed by atoms with E-state index >= 15 is 0 Å². The van der Waals surface area contributed by atoms with Gasteiger partial charge in [-0.05, 0) is 52.4 Å². The lowest BCUT2D eigenvalue weighted by Gasteiger charge is -2.37. The third-order valence-electron chi connectivity index (χ3n) is 5.07. The Morgan fingerprint density at radius 2 is 1.04 bits per heavy atom. The van der Waals surface area contributed by atoms with Crippen molar-refractivity contribution >= 4 is 11.8 Å². The van der Waals surface area contributed by atoms with Crippen molar-refractivity contribution in [2.24, 2.45) is 16.7 Å². The maximum Gasteiger partial charge on any atom is 0.226 e. The molecule has 0 aromatic rings. The first-order chi connectivity index (χ1) is 11.5. The zero-order valence-corrected chi connectivity index (χ0v) is 21.0. The van der Waals surface area contributed by atoms with Crippen molar-refractivity contribution in [3.05, 3.63) is 0 Å². The molecule has 0 spiro atoms. The van der Waals surface area contributed by atoms with Crippen LogP contribution in [0.4, 0.5) is 0 Å². The molecule has 2 amide bonds. The van der Waals surface area contributed by atoms with Crippen LogP contribution in [-0.4, -0.2) is 46.8 Å². The number of rotatable bonds is 2. The van der Waals surface area contributed by atoms with E-state index in [1.165, 1.54) is 0 Å². The van der Waals surface area contributed by atoms with Crippen LogP contribution >= 0.6 is 0 Å². The smallest absolute Gasteiger partial charge is 0.226 e. The Bertz CT molecular complexity index is 460. The minimum atomic E-state index is -0.0867. The zero-order valence-electron chi connectivity index (χ0n) is 21.0. The fourth-order valence-corrected chi connectivity index (χ4v) is 1.94. The summed E-state index contributed by atoms with van der Waals surface area (Å²) in [5.41, 5.74) is -0.0356. The molecular formula is C23H48N2O2. The second kappa shape index (κ2) is 9.43. The average molecular weight is 385 g/mol. The highest BCUT2D eigenvalue weighted by Gasteiger charge is 2.32. The van der Waals surface area contributed by atoms with Crippen LogP contribution in [0.5, 0.6) is 0 Å². The first-order valence-corrected chi connectivity index (χ1v) is 10.1. The van der Waals surface area contributed by atoms with E-state index in [9.17, 15) is 9.59 Å². The van der Waals surface area contributed by atoms with Crippen molar-refractivity contribution in [3.63, 3.8) is 0 Å². The highest BCUT2D eigenvalue weighted by Crippen LogP contribution is 2.28. The van der Waals surface area contributed by atoms with E-state index in [2.05, 4.69) is 62.3 Å².